The Hall–Kier alpha value is -2.50. The van der Waals surface area contributed by atoms with Gasteiger partial charge in [0.05, 0.1) is 25.3 Å². The van der Waals surface area contributed by atoms with Gasteiger partial charge in [-0.05, 0) is 31.0 Å². The summed E-state index contributed by atoms with van der Waals surface area (Å²) >= 11 is 0. The van der Waals surface area contributed by atoms with E-state index >= 15 is 0 Å². The van der Waals surface area contributed by atoms with Gasteiger partial charge in [0.1, 0.15) is 5.75 Å². The van der Waals surface area contributed by atoms with Gasteiger partial charge in [0.25, 0.3) is 0 Å². The molecule has 1 aromatic carbocycles. The van der Waals surface area contributed by atoms with Crippen molar-refractivity contribution in [3.63, 3.8) is 0 Å². The maximum absolute atomic E-state index is 12.1. The lowest BCUT2D eigenvalue weighted by atomic mass is 9.95. The molecule has 0 saturated carbocycles. The Bertz CT molecular complexity index is 622. The Morgan fingerprint density at radius 2 is 1.96 bits per heavy atom. The van der Waals surface area contributed by atoms with Crippen molar-refractivity contribution >= 4 is 12.0 Å². The molecule has 2 amide bonds. The fourth-order valence-electron chi connectivity index (χ4n) is 2.44. The molecule has 0 radical (unpaired) electrons. The van der Waals surface area contributed by atoms with Crippen molar-refractivity contribution in [1.29, 1.82) is 0 Å². The van der Waals surface area contributed by atoms with Crippen molar-refractivity contribution < 1.29 is 19.1 Å². The predicted molar refractivity (Wildman–Crippen MR) is 86.0 cm³/mol. The predicted octanol–water partition coefficient (Wildman–Crippen LogP) is 2.62. The highest BCUT2D eigenvalue weighted by Crippen LogP contribution is 2.31. The van der Waals surface area contributed by atoms with Crippen molar-refractivity contribution in [1.82, 2.24) is 10.2 Å². The fourth-order valence-corrected chi connectivity index (χ4v) is 2.44. The van der Waals surface area contributed by atoms with Crippen LogP contribution in [0.3, 0.4) is 0 Å². The van der Waals surface area contributed by atoms with Crippen molar-refractivity contribution in [3.8, 4) is 5.75 Å². The van der Waals surface area contributed by atoms with Crippen LogP contribution in [-0.2, 0) is 9.53 Å². The van der Waals surface area contributed by atoms with E-state index in [0.717, 1.165) is 17.7 Å². The molecule has 0 bridgehead atoms. The third kappa shape index (κ3) is 3.47. The number of carbonyl (C=O) groups excluding carboxylic acids is 2. The number of urea groups is 1. The first kappa shape index (κ1) is 16.9. The van der Waals surface area contributed by atoms with E-state index in [4.69, 9.17) is 9.47 Å². The zero-order valence-electron chi connectivity index (χ0n) is 13.9. The molecule has 6 nitrogen and oxygen atoms in total. The Kier molecular flexibility index (Phi) is 5.26. The van der Waals surface area contributed by atoms with E-state index in [1.807, 2.05) is 31.2 Å². The van der Waals surface area contributed by atoms with Gasteiger partial charge in [-0.3, -0.25) is 0 Å². The lowest BCUT2D eigenvalue weighted by Gasteiger charge is -2.33. The molecule has 0 aromatic heterocycles. The van der Waals surface area contributed by atoms with Gasteiger partial charge in [-0.1, -0.05) is 19.1 Å². The van der Waals surface area contributed by atoms with E-state index in [-0.39, 0.29) is 6.03 Å². The molecule has 0 spiro atoms. The Balaban J connectivity index is 2.35. The molecule has 2 rings (SSSR count). The lowest BCUT2D eigenvalue weighted by molar-refractivity contribution is -0.136. The van der Waals surface area contributed by atoms with E-state index in [1.54, 1.807) is 14.0 Å². The first-order valence-corrected chi connectivity index (χ1v) is 7.55. The first-order valence-electron chi connectivity index (χ1n) is 7.55. The van der Waals surface area contributed by atoms with Crippen LogP contribution in [0.4, 0.5) is 4.79 Å². The van der Waals surface area contributed by atoms with Crippen LogP contribution in [0.1, 0.15) is 31.9 Å². The maximum Gasteiger partial charge on any atom is 0.337 e. The molecule has 0 saturated heterocycles. The van der Waals surface area contributed by atoms with Crippen molar-refractivity contribution in [2.45, 2.75) is 26.3 Å². The number of amides is 2. The van der Waals surface area contributed by atoms with Crippen molar-refractivity contribution in [2.75, 3.05) is 20.8 Å². The van der Waals surface area contributed by atoms with Gasteiger partial charge in [0.15, 0.2) is 0 Å². The SMILES string of the molecule is CCCOc1ccc(C2NC(=O)N(C)C(C)=C2C(=O)OC)cc1. The van der Waals surface area contributed by atoms with Crippen molar-refractivity contribution in [3.05, 3.63) is 41.1 Å². The Morgan fingerprint density at radius 1 is 1.30 bits per heavy atom. The largest absolute Gasteiger partial charge is 0.494 e. The number of benzene rings is 1. The standard InChI is InChI=1S/C17H22N2O4/c1-5-10-23-13-8-6-12(7-9-13)15-14(16(20)22-4)11(2)19(3)17(21)18-15/h6-9,15H,5,10H2,1-4H3,(H,18,21). The third-order valence-electron chi connectivity index (χ3n) is 3.85. The average Bonchev–Trinajstić information content (AvgIpc) is 2.57. The molecule has 1 N–H and O–H groups in total. The summed E-state index contributed by atoms with van der Waals surface area (Å²) in [5, 5.41) is 2.83. The summed E-state index contributed by atoms with van der Waals surface area (Å²) in [5.74, 6) is 0.306. The maximum atomic E-state index is 12.1. The minimum absolute atomic E-state index is 0.258. The van der Waals surface area contributed by atoms with Crippen LogP contribution in [0.25, 0.3) is 0 Å². The van der Waals surface area contributed by atoms with Gasteiger partial charge in [-0.25, -0.2) is 9.59 Å². The molecule has 1 heterocycles. The summed E-state index contributed by atoms with van der Waals surface area (Å²) in [6.45, 7) is 4.42. The van der Waals surface area contributed by atoms with E-state index in [2.05, 4.69) is 5.32 Å². The van der Waals surface area contributed by atoms with Crippen LogP contribution in [-0.4, -0.2) is 37.7 Å². The average molecular weight is 318 g/mol. The number of hydrogen-bond donors (Lipinski definition) is 1. The van der Waals surface area contributed by atoms with Crippen molar-refractivity contribution in [2.24, 2.45) is 0 Å². The van der Waals surface area contributed by atoms with Crippen LogP contribution >= 0.6 is 0 Å². The Labute approximate surface area is 136 Å². The molecule has 23 heavy (non-hydrogen) atoms. The van der Waals surface area contributed by atoms with Crippen LogP contribution in [0.5, 0.6) is 5.75 Å². The number of carbonyl (C=O) groups is 2. The van der Waals surface area contributed by atoms with E-state index in [1.165, 1.54) is 12.0 Å². The smallest absolute Gasteiger partial charge is 0.337 e. The summed E-state index contributed by atoms with van der Waals surface area (Å²) in [5.41, 5.74) is 1.81. The summed E-state index contributed by atoms with van der Waals surface area (Å²) in [4.78, 5) is 25.6. The lowest BCUT2D eigenvalue weighted by Crippen LogP contribution is -2.46. The fraction of sp³-hybridized carbons (Fsp3) is 0.412. The molecule has 1 aromatic rings. The van der Waals surface area contributed by atoms with Gasteiger partial charge in [0.2, 0.25) is 0 Å². The topological polar surface area (TPSA) is 67.9 Å². The number of nitrogens with one attached hydrogen (secondary N) is 1. The molecular formula is C17H22N2O4. The highest BCUT2D eigenvalue weighted by Gasteiger charge is 2.34. The molecular weight excluding hydrogens is 296 g/mol. The third-order valence-corrected chi connectivity index (χ3v) is 3.85. The quantitative estimate of drug-likeness (QED) is 0.847. The normalized spacial score (nSPS) is 17.8. The molecule has 1 unspecified atom stereocenters. The second-order valence-corrected chi connectivity index (χ2v) is 5.35. The second-order valence-electron chi connectivity index (χ2n) is 5.35. The highest BCUT2D eigenvalue weighted by atomic mass is 16.5. The van der Waals surface area contributed by atoms with Gasteiger partial charge in [-0.2, -0.15) is 0 Å². The molecule has 124 valence electrons. The summed E-state index contributed by atoms with van der Waals surface area (Å²) in [6, 6.07) is 6.56. The minimum Gasteiger partial charge on any atom is -0.494 e. The van der Waals surface area contributed by atoms with Crippen LogP contribution < -0.4 is 10.1 Å². The van der Waals surface area contributed by atoms with Crippen LogP contribution in [0.2, 0.25) is 0 Å². The number of methoxy groups -OCH3 is 1. The number of rotatable bonds is 5. The molecule has 1 aliphatic rings. The molecule has 1 aliphatic heterocycles. The number of esters is 1. The molecule has 0 aliphatic carbocycles. The zero-order chi connectivity index (χ0) is 17.0. The summed E-state index contributed by atoms with van der Waals surface area (Å²) < 4.78 is 10.4. The molecule has 0 fully saturated rings. The number of hydrogen-bond acceptors (Lipinski definition) is 4. The zero-order valence-corrected chi connectivity index (χ0v) is 13.9. The van der Waals surface area contributed by atoms with E-state index in [0.29, 0.717) is 17.9 Å². The van der Waals surface area contributed by atoms with Gasteiger partial charge in [-0.15, -0.1) is 0 Å². The summed E-state index contributed by atoms with van der Waals surface area (Å²) in [6.07, 6.45) is 0.932. The van der Waals surface area contributed by atoms with Crippen LogP contribution in [0, 0.1) is 0 Å². The number of ether oxygens (including phenoxy) is 2. The highest BCUT2D eigenvalue weighted by molar-refractivity contribution is 5.94. The second kappa shape index (κ2) is 7.17. The van der Waals surface area contributed by atoms with Crippen LogP contribution in [0.15, 0.2) is 35.5 Å². The molecule has 1 atom stereocenters. The minimum atomic E-state index is -0.536. The van der Waals surface area contributed by atoms with Gasteiger partial charge in [0, 0.05) is 12.7 Å². The Morgan fingerprint density at radius 3 is 2.52 bits per heavy atom. The van der Waals surface area contributed by atoms with Gasteiger partial charge < -0.3 is 19.7 Å². The summed E-state index contributed by atoms with van der Waals surface area (Å²) in [7, 11) is 2.95. The first-order chi connectivity index (χ1) is 11.0. The number of allylic oxidation sites excluding steroid dienone is 1. The van der Waals surface area contributed by atoms with E-state index in [9.17, 15) is 9.59 Å². The number of nitrogens with zero attached hydrogens (tertiary/aromatic N) is 1. The van der Waals surface area contributed by atoms with E-state index < -0.39 is 12.0 Å². The van der Waals surface area contributed by atoms with Gasteiger partial charge >= 0.3 is 12.0 Å². The monoisotopic (exact) mass is 318 g/mol. The molecule has 6 heteroatoms.